The first-order valence-electron chi connectivity index (χ1n) is 8.97. The van der Waals surface area contributed by atoms with Crippen molar-refractivity contribution in [3.63, 3.8) is 0 Å². The second kappa shape index (κ2) is 7.09. The fourth-order valence-corrected chi connectivity index (χ4v) is 3.68. The highest BCUT2D eigenvalue weighted by Crippen LogP contribution is 2.35. The number of aryl methyl sites for hydroxylation is 3. The zero-order valence-corrected chi connectivity index (χ0v) is 16.4. The van der Waals surface area contributed by atoms with Crippen LogP contribution in [0.15, 0.2) is 30.3 Å². The lowest BCUT2D eigenvalue weighted by molar-refractivity contribution is 0.671. The average molecular weight is 356 g/mol. The molecule has 0 fully saturated rings. The smallest absolute Gasteiger partial charge is 0.0888 e. The van der Waals surface area contributed by atoms with E-state index in [9.17, 15) is 0 Å². The van der Waals surface area contributed by atoms with Gasteiger partial charge in [0.25, 0.3) is 0 Å². The first-order chi connectivity index (χ1) is 11.9. The van der Waals surface area contributed by atoms with E-state index in [0.29, 0.717) is 6.04 Å². The molecular weight excluding hydrogens is 330 g/mol. The maximum atomic E-state index is 6.55. The molecule has 3 aromatic rings. The maximum Gasteiger partial charge on any atom is 0.0888 e. The molecule has 25 heavy (non-hydrogen) atoms. The van der Waals surface area contributed by atoms with Gasteiger partial charge in [0.2, 0.25) is 0 Å². The fraction of sp³-hybridized carbons (Fsp3) is 0.381. The molecule has 0 saturated carbocycles. The van der Waals surface area contributed by atoms with Crippen molar-refractivity contribution in [2.24, 2.45) is 0 Å². The Hall–Kier alpha value is -2.00. The highest BCUT2D eigenvalue weighted by atomic mass is 35.5. The van der Waals surface area contributed by atoms with Crippen LogP contribution in [0.4, 0.5) is 5.69 Å². The monoisotopic (exact) mass is 355 g/mol. The summed E-state index contributed by atoms with van der Waals surface area (Å²) in [7, 11) is 0. The summed E-state index contributed by atoms with van der Waals surface area (Å²) in [6.07, 6.45) is 2.20. The molecule has 0 spiro atoms. The van der Waals surface area contributed by atoms with Crippen LogP contribution in [0.3, 0.4) is 0 Å². The van der Waals surface area contributed by atoms with Crippen LogP contribution < -0.4 is 5.32 Å². The van der Waals surface area contributed by atoms with E-state index in [1.807, 2.05) is 17.5 Å². The normalized spacial score (nSPS) is 11.5. The molecule has 1 aromatic carbocycles. The van der Waals surface area contributed by atoms with Gasteiger partial charge in [-0.15, -0.1) is 0 Å². The molecule has 4 heteroatoms. The van der Waals surface area contributed by atoms with E-state index in [4.69, 9.17) is 16.7 Å². The van der Waals surface area contributed by atoms with Crippen molar-refractivity contribution in [2.75, 3.05) is 5.32 Å². The van der Waals surface area contributed by atoms with Gasteiger partial charge in [-0.1, -0.05) is 37.6 Å². The molecule has 3 nitrogen and oxygen atoms in total. The molecule has 132 valence electrons. The van der Waals surface area contributed by atoms with E-state index in [0.717, 1.165) is 51.6 Å². The third-order valence-electron chi connectivity index (χ3n) is 4.78. The van der Waals surface area contributed by atoms with Gasteiger partial charge in [0, 0.05) is 11.6 Å². The molecule has 3 rings (SSSR count). The van der Waals surface area contributed by atoms with Crippen molar-refractivity contribution in [1.82, 2.24) is 9.61 Å². The Labute approximate surface area is 155 Å². The molecule has 0 amide bonds. The zero-order valence-electron chi connectivity index (χ0n) is 15.7. The molecule has 2 aromatic heterocycles. The SMILES string of the molecule is CCC(CC)Nc1cc(C)nn2c(-c3ccc(C)cc3Cl)c(C)cc12. The van der Waals surface area contributed by atoms with Crippen LogP contribution in [0.5, 0.6) is 0 Å². The average Bonchev–Trinajstić information content (AvgIpc) is 2.89. The Balaban J connectivity index is 2.21. The van der Waals surface area contributed by atoms with Crippen LogP contribution in [-0.2, 0) is 0 Å². The van der Waals surface area contributed by atoms with Gasteiger partial charge in [-0.05, 0) is 62.9 Å². The predicted molar refractivity (Wildman–Crippen MR) is 108 cm³/mol. The quantitative estimate of drug-likeness (QED) is 0.592. The van der Waals surface area contributed by atoms with Crippen molar-refractivity contribution in [2.45, 2.75) is 53.5 Å². The minimum Gasteiger partial charge on any atom is -0.381 e. The summed E-state index contributed by atoms with van der Waals surface area (Å²) < 4.78 is 2.03. The standard InChI is InChI=1S/C21H26ClN3/c1-6-16(7-2)23-19-12-15(5)24-25-20(19)11-14(4)21(25)17-9-8-13(3)10-18(17)22/h8-12,16,23H,6-7H2,1-5H3. The second-order valence-electron chi connectivity index (χ2n) is 6.81. The number of halogens is 1. The Morgan fingerprint density at radius 2 is 1.80 bits per heavy atom. The van der Waals surface area contributed by atoms with Crippen LogP contribution in [0.25, 0.3) is 16.8 Å². The highest BCUT2D eigenvalue weighted by Gasteiger charge is 2.17. The molecule has 0 aliphatic carbocycles. The van der Waals surface area contributed by atoms with Gasteiger partial charge < -0.3 is 5.32 Å². The number of nitrogens with zero attached hydrogens (tertiary/aromatic N) is 2. The summed E-state index contributed by atoms with van der Waals surface area (Å²) in [5, 5.41) is 9.22. The number of fused-ring (bicyclic) bond motifs is 1. The van der Waals surface area contributed by atoms with Crippen LogP contribution in [0.1, 0.15) is 43.5 Å². The van der Waals surface area contributed by atoms with Gasteiger partial charge in [0.15, 0.2) is 0 Å². The van der Waals surface area contributed by atoms with E-state index in [2.05, 4.69) is 57.3 Å². The fourth-order valence-electron chi connectivity index (χ4n) is 3.35. The topological polar surface area (TPSA) is 29.3 Å². The van der Waals surface area contributed by atoms with Gasteiger partial charge in [-0.25, -0.2) is 4.52 Å². The predicted octanol–water partition coefficient (Wildman–Crippen LogP) is 6.18. The summed E-state index contributed by atoms with van der Waals surface area (Å²) in [5.41, 5.74) is 7.65. The van der Waals surface area contributed by atoms with E-state index in [1.165, 1.54) is 5.56 Å². The van der Waals surface area contributed by atoms with Crippen molar-refractivity contribution in [1.29, 1.82) is 0 Å². The molecule has 0 aliphatic rings. The summed E-state index contributed by atoms with van der Waals surface area (Å²) >= 11 is 6.55. The lowest BCUT2D eigenvalue weighted by Crippen LogP contribution is -2.18. The number of benzene rings is 1. The molecule has 0 radical (unpaired) electrons. The van der Waals surface area contributed by atoms with Gasteiger partial charge in [-0.3, -0.25) is 0 Å². The molecule has 0 aliphatic heterocycles. The molecule has 1 N–H and O–H groups in total. The highest BCUT2D eigenvalue weighted by molar-refractivity contribution is 6.33. The van der Waals surface area contributed by atoms with Crippen LogP contribution in [0, 0.1) is 20.8 Å². The summed E-state index contributed by atoms with van der Waals surface area (Å²) in [6, 6.07) is 11.0. The van der Waals surface area contributed by atoms with E-state index in [-0.39, 0.29) is 0 Å². The van der Waals surface area contributed by atoms with Crippen molar-refractivity contribution >= 4 is 22.8 Å². The number of anilines is 1. The molecule has 2 heterocycles. The third-order valence-corrected chi connectivity index (χ3v) is 5.09. The molecular formula is C21H26ClN3. The molecule has 0 saturated heterocycles. The van der Waals surface area contributed by atoms with Crippen molar-refractivity contribution < 1.29 is 0 Å². The van der Waals surface area contributed by atoms with Gasteiger partial charge in [-0.2, -0.15) is 5.10 Å². The lowest BCUT2D eigenvalue weighted by Gasteiger charge is -2.18. The number of rotatable bonds is 5. The van der Waals surface area contributed by atoms with Crippen LogP contribution in [0.2, 0.25) is 5.02 Å². The Morgan fingerprint density at radius 1 is 1.08 bits per heavy atom. The Bertz CT molecular complexity index is 907. The minimum atomic E-state index is 0.465. The minimum absolute atomic E-state index is 0.465. The number of hydrogen-bond acceptors (Lipinski definition) is 2. The second-order valence-corrected chi connectivity index (χ2v) is 7.22. The van der Waals surface area contributed by atoms with Crippen molar-refractivity contribution in [3.8, 4) is 11.3 Å². The van der Waals surface area contributed by atoms with Gasteiger partial charge in [0.1, 0.15) is 0 Å². The van der Waals surface area contributed by atoms with E-state index < -0.39 is 0 Å². The largest absolute Gasteiger partial charge is 0.381 e. The van der Waals surface area contributed by atoms with E-state index in [1.54, 1.807) is 0 Å². The molecule has 0 unspecified atom stereocenters. The first kappa shape index (κ1) is 17.8. The van der Waals surface area contributed by atoms with E-state index >= 15 is 0 Å². The van der Waals surface area contributed by atoms with Crippen molar-refractivity contribution in [3.05, 3.63) is 52.2 Å². The van der Waals surface area contributed by atoms with Crippen LogP contribution in [-0.4, -0.2) is 15.7 Å². The number of nitrogens with one attached hydrogen (secondary N) is 1. The Kier molecular flexibility index (Phi) is 5.05. The summed E-state index contributed by atoms with van der Waals surface area (Å²) in [6.45, 7) is 10.6. The summed E-state index contributed by atoms with van der Waals surface area (Å²) in [4.78, 5) is 0. The number of hydrogen-bond donors (Lipinski definition) is 1. The molecule has 0 atom stereocenters. The van der Waals surface area contributed by atoms with Gasteiger partial charge in [0.05, 0.1) is 27.6 Å². The Morgan fingerprint density at radius 3 is 2.44 bits per heavy atom. The molecule has 0 bridgehead atoms. The van der Waals surface area contributed by atoms with Crippen LogP contribution >= 0.6 is 11.6 Å². The van der Waals surface area contributed by atoms with Gasteiger partial charge >= 0.3 is 0 Å². The number of aromatic nitrogens is 2. The first-order valence-corrected chi connectivity index (χ1v) is 9.35. The zero-order chi connectivity index (χ0) is 18.1. The third kappa shape index (κ3) is 3.38. The summed E-state index contributed by atoms with van der Waals surface area (Å²) in [5.74, 6) is 0. The lowest BCUT2D eigenvalue weighted by atomic mass is 10.1. The maximum absolute atomic E-state index is 6.55.